The molecule has 6 aliphatic rings. The van der Waals surface area contributed by atoms with Gasteiger partial charge >= 0.3 is 5.97 Å². The van der Waals surface area contributed by atoms with E-state index in [0.29, 0.717) is 6.42 Å². The highest BCUT2D eigenvalue weighted by molar-refractivity contribution is 5.87. The first-order valence-corrected chi connectivity index (χ1v) is 12.5. The minimum atomic E-state index is -2.70. The Morgan fingerprint density at radius 3 is 2.50 bits per heavy atom. The molecule has 11 nitrogen and oxygen atoms in total. The summed E-state index contributed by atoms with van der Waals surface area (Å²) in [6, 6.07) is 2.99. The first-order valence-electron chi connectivity index (χ1n) is 12.5. The molecule has 200 valence electrons. The van der Waals surface area contributed by atoms with Crippen molar-refractivity contribution in [2.24, 2.45) is 22.7 Å². The maximum atomic E-state index is 13.2. The molecule has 4 aliphatic carbocycles. The molecule has 3 heterocycles. The third-order valence-electron chi connectivity index (χ3n) is 11.5. The van der Waals surface area contributed by atoms with Crippen LogP contribution in [0.15, 0.2) is 18.3 Å². The highest BCUT2D eigenvalue weighted by Gasteiger charge is 3.10. The monoisotopic (exact) mass is 509 g/mol. The Kier molecular flexibility index (Phi) is 4.36. The molecule has 2 aliphatic heterocycles. The summed E-state index contributed by atoms with van der Waals surface area (Å²) < 4.78 is 12.0. The van der Waals surface area contributed by atoms with Crippen molar-refractivity contribution in [1.29, 1.82) is 0 Å². The molecular formula is C25H35NO10. The number of hydrogen-bond acceptors (Lipinski definition) is 10. The van der Waals surface area contributed by atoms with Gasteiger partial charge in [0.25, 0.3) is 0 Å². The fraction of sp³-hybridized carbons (Fsp3) is 0.800. The summed E-state index contributed by atoms with van der Waals surface area (Å²) in [7, 11) is 0. The zero-order valence-electron chi connectivity index (χ0n) is 20.7. The summed E-state index contributed by atoms with van der Waals surface area (Å²) in [5.41, 5.74) is -16.1. The van der Waals surface area contributed by atoms with Crippen LogP contribution in [0.25, 0.3) is 0 Å². The van der Waals surface area contributed by atoms with E-state index in [1.54, 1.807) is 13.0 Å². The molecule has 1 aromatic rings. The van der Waals surface area contributed by atoms with Crippen LogP contribution in [-0.4, -0.2) is 99.3 Å². The maximum Gasteiger partial charge on any atom is 0.355 e. The lowest BCUT2D eigenvalue weighted by Gasteiger charge is -2.60. The Morgan fingerprint density at radius 1 is 1.25 bits per heavy atom. The largest absolute Gasteiger partial charge is 0.451 e. The maximum absolute atomic E-state index is 13.2. The molecule has 0 amide bonds. The van der Waals surface area contributed by atoms with Crippen molar-refractivity contribution in [2.45, 2.75) is 93.0 Å². The smallest absolute Gasteiger partial charge is 0.355 e. The molecule has 7 rings (SSSR count). The second-order valence-corrected chi connectivity index (χ2v) is 12.3. The van der Waals surface area contributed by atoms with Crippen LogP contribution in [0.1, 0.15) is 57.4 Å². The van der Waals surface area contributed by atoms with Crippen LogP contribution < -0.4 is 0 Å². The summed E-state index contributed by atoms with van der Waals surface area (Å²) >= 11 is 0. The van der Waals surface area contributed by atoms with E-state index in [-0.39, 0.29) is 12.1 Å². The zero-order chi connectivity index (χ0) is 26.5. The summed E-state index contributed by atoms with van der Waals surface area (Å²) in [5.74, 6) is -4.97. The predicted octanol–water partition coefficient (Wildman–Crippen LogP) is -1.22. The number of H-pyrrole nitrogens is 1. The molecule has 36 heavy (non-hydrogen) atoms. The minimum absolute atomic E-state index is 0.0109. The van der Waals surface area contributed by atoms with Gasteiger partial charge in [0.15, 0.2) is 17.5 Å². The molecule has 11 heteroatoms. The van der Waals surface area contributed by atoms with Crippen molar-refractivity contribution < 1.29 is 50.0 Å². The van der Waals surface area contributed by atoms with Gasteiger partial charge in [-0.05, 0) is 37.8 Å². The van der Waals surface area contributed by atoms with Crippen LogP contribution in [0.3, 0.4) is 0 Å². The number of aromatic nitrogens is 1. The highest BCUT2D eigenvalue weighted by Crippen LogP contribution is 2.90. The molecule has 12 atom stereocenters. The van der Waals surface area contributed by atoms with Crippen LogP contribution >= 0.6 is 0 Å². The summed E-state index contributed by atoms with van der Waals surface area (Å²) in [4.78, 5) is 15.9. The van der Waals surface area contributed by atoms with E-state index in [9.17, 15) is 40.5 Å². The molecule has 1 aromatic heterocycles. The van der Waals surface area contributed by atoms with Crippen LogP contribution in [0, 0.1) is 22.7 Å². The van der Waals surface area contributed by atoms with Gasteiger partial charge in [0.2, 0.25) is 0 Å². The lowest BCUT2D eigenvalue weighted by molar-refractivity contribution is -0.390. The Bertz CT molecular complexity index is 1150. The van der Waals surface area contributed by atoms with Gasteiger partial charge in [0, 0.05) is 30.6 Å². The number of esters is 1. The number of aliphatic hydroxyl groups excluding tert-OH is 2. The topological polar surface area (TPSA) is 193 Å². The molecule has 0 radical (unpaired) electrons. The summed E-state index contributed by atoms with van der Waals surface area (Å²) in [5, 5.41) is 84.2. The van der Waals surface area contributed by atoms with Gasteiger partial charge in [-0.2, -0.15) is 0 Å². The molecule has 6 bridgehead atoms. The van der Waals surface area contributed by atoms with Gasteiger partial charge in [-0.25, -0.2) is 4.79 Å². The van der Waals surface area contributed by atoms with E-state index in [4.69, 9.17) is 9.47 Å². The number of carbonyl (C=O) groups excluding carboxylic acids is 1. The van der Waals surface area contributed by atoms with Gasteiger partial charge < -0.3 is 50.2 Å². The first kappa shape index (κ1) is 24.7. The van der Waals surface area contributed by atoms with Crippen molar-refractivity contribution in [1.82, 2.24) is 4.98 Å². The van der Waals surface area contributed by atoms with Crippen LogP contribution in [-0.2, 0) is 9.47 Å². The number of hydrogen-bond donors (Lipinski definition) is 8. The van der Waals surface area contributed by atoms with Gasteiger partial charge in [-0.15, -0.1) is 0 Å². The molecule has 6 fully saturated rings. The predicted molar refractivity (Wildman–Crippen MR) is 120 cm³/mol. The minimum Gasteiger partial charge on any atom is -0.451 e. The number of rotatable bonds is 4. The van der Waals surface area contributed by atoms with Gasteiger partial charge in [0.1, 0.15) is 28.1 Å². The lowest BCUT2D eigenvalue weighted by Crippen LogP contribution is -2.75. The van der Waals surface area contributed by atoms with Crippen LogP contribution in [0.2, 0.25) is 0 Å². The van der Waals surface area contributed by atoms with Gasteiger partial charge in [-0.3, -0.25) is 0 Å². The normalized spacial score (nSPS) is 59.2. The Hall–Kier alpha value is -1.57. The molecule has 1 spiro atoms. The van der Waals surface area contributed by atoms with E-state index in [1.165, 1.54) is 33.0 Å². The number of carbonyl (C=O) groups is 1. The van der Waals surface area contributed by atoms with Crippen LogP contribution in [0.5, 0.6) is 0 Å². The quantitative estimate of drug-likeness (QED) is 0.228. The van der Waals surface area contributed by atoms with E-state index in [1.807, 2.05) is 0 Å². The van der Waals surface area contributed by atoms with E-state index < -0.39 is 87.7 Å². The molecule has 2 saturated heterocycles. The average molecular weight is 510 g/mol. The summed E-state index contributed by atoms with van der Waals surface area (Å²) in [6.45, 7) is 5.25. The molecule has 8 N–H and O–H groups in total. The molecule has 4 saturated carbocycles. The fourth-order valence-corrected chi connectivity index (χ4v) is 9.57. The molecule has 0 unspecified atom stereocenters. The second kappa shape index (κ2) is 6.35. The second-order valence-electron chi connectivity index (χ2n) is 12.3. The Labute approximate surface area is 207 Å². The third-order valence-corrected chi connectivity index (χ3v) is 11.5. The standard InChI is InChI=1S/C25H35NO10/c1-12-7-8-20(30)18(3)11-21(31)19(4)22(32,13(2)10-27)17(35-16(29)14-6-5-9-26-14)23(18,33)25(19,34)24(20,36-21)15(12)28/h5-6,9,12-13,15,17,26-28,30-34H,7-8,10-11H2,1-4H3/t12-,13-,15+,17+,18-,19-,20-,21-,22+,23+,24+,25+/m0/s1. The first-order chi connectivity index (χ1) is 16.6. The van der Waals surface area contributed by atoms with Gasteiger partial charge in [0.05, 0.1) is 11.5 Å². The molecular weight excluding hydrogens is 474 g/mol. The average Bonchev–Trinajstić information content (AvgIpc) is 3.45. The number of aliphatic hydroxyl groups is 7. The summed E-state index contributed by atoms with van der Waals surface area (Å²) in [6.07, 6.45) is -2.05. The fourth-order valence-electron chi connectivity index (χ4n) is 9.57. The van der Waals surface area contributed by atoms with Crippen LogP contribution in [0.4, 0.5) is 0 Å². The van der Waals surface area contributed by atoms with Crippen molar-refractivity contribution in [2.75, 3.05) is 6.61 Å². The van der Waals surface area contributed by atoms with Crippen molar-refractivity contribution in [3.63, 3.8) is 0 Å². The number of aromatic amines is 1. The SMILES string of the molecule is C[C@H]1CC[C@]2(O)[C@]3(C)C[C@]4(O)O[C@@]2([C@@H]1O)[C@]1(O)[C@@]3(O)[C@H](OC(=O)c2ccc[nH]2)[C@](O)([C@@H](C)CO)[C@@]14C. The van der Waals surface area contributed by atoms with E-state index >= 15 is 0 Å². The molecule has 0 aromatic carbocycles. The van der Waals surface area contributed by atoms with Gasteiger partial charge in [-0.1, -0.05) is 20.8 Å². The third kappa shape index (κ3) is 1.80. The zero-order valence-corrected chi connectivity index (χ0v) is 20.7. The Morgan fingerprint density at radius 2 is 1.92 bits per heavy atom. The number of ether oxygens (including phenoxy) is 2. The number of nitrogens with one attached hydrogen (secondary N) is 1. The highest BCUT2D eigenvalue weighted by atomic mass is 16.7. The van der Waals surface area contributed by atoms with Crippen molar-refractivity contribution >= 4 is 5.97 Å². The van der Waals surface area contributed by atoms with E-state index in [2.05, 4.69) is 4.98 Å². The van der Waals surface area contributed by atoms with E-state index in [0.717, 1.165) is 0 Å². The lowest BCUT2D eigenvalue weighted by atomic mass is 9.52. The van der Waals surface area contributed by atoms with Crippen molar-refractivity contribution in [3.8, 4) is 0 Å². The van der Waals surface area contributed by atoms with Crippen molar-refractivity contribution in [3.05, 3.63) is 24.0 Å². The Balaban J connectivity index is 1.69.